The standard InChI is InChI=1S/C24H27ClF3N3O2/c25-20-5-2-6-21(16-20)30-13-11-29(12-14-30)17-22(32)31-9-7-23(33,8-10-31)18-3-1-4-19(15-18)24(26,27)28/h1-6,15-16,33H,7-14,17H2. The summed E-state index contributed by atoms with van der Waals surface area (Å²) >= 11 is 6.08. The maximum absolute atomic E-state index is 13.0. The van der Waals surface area contributed by atoms with E-state index in [1.54, 1.807) is 4.90 Å². The van der Waals surface area contributed by atoms with Crippen LogP contribution in [0.3, 0.4) is 0 Å². The van der Waals surface area contributed by atoms with Gasteiger partial charge in [0, 0.05) is 50.0 Å². The van der Waals surface area contributed by atoms with Crippen LogP contribution in [0.5, 0.6) is 0 Å². The molecule has 0 aliphatic carbocycles. The number of nitrogens with zero attached hydrogens (tertiary/aromatic N) is 3. The monoisotopic (exact) mass is 481 g/mol. The fraction of sp³-hybridized carbons (Fsp3) is 0.458. The highest BCUT2D eigenvalue weighted by Crippen LogP contribution is 2.36. The number of likely N-dealkylation sites (tertiary alicyclic amines) is 1. The van der Waals surface area contributed by atoms with Gasteiger partial charge in [0.05, 0.1) is 17.7 Å². The average Bonchev–Trinajstić information content (AvgIpc) is 2.79. The second-order valence-electron chi connectivity index (χ2n) is 8.73. The van der Waals surface area contributed by atoms with Crippen LogP contribution < -0.4 is 4.90 Å². The molecule has 0 spiro atoms. The van der Waals surface area contributed by atoms with Crippen LogP contribution in [0.2, 0.25) is 5.02 Å². The lowest BCUT2D eigenvalue weighted by atomic mass is 9.83. The molecule has 2 aromatic carbocycles. The second kappa shape index (κ2) is 9.52. The van der Waals surface area contributed by atoms with E-state index in [1.807, 2.05) is 24.3 Å². The minimum atomic E-state index is -4.46. The Kier molecular flexibility index (Phi) is 6.88. The molecule has 2 saturated heterocycles. The van der Waals surface area contributed by atoms with Crippen LogP contribution in [0.25, 0.3) is 0 Å². The van der Waals surface area contributed by atoms with Gasteiger partial charge in [0.25, 0.3) is 0 Å². The summed E-state index contributed by atoms with van der Waals surface area (Å²) in [5.74, 6) is -0.0164. The molecule has 2 aromatic rings. The van der Waals surface area contributed by atoms with Gasteiger partial charge >= 0.3 is 6.18 Å². The number of alkyl halides is 3. The largest absolute Gasteiger partial charge is 0.416 e. The van der Waals surface area contributed by atoms with E-state index in [-0.39, 0.29) is 24.3 Å². The van der Waals surface area contributed by atoms with Crippen LogP contribution in [-0.2, 0) is 16.6 Å². The van der Waals surface area contributed by atoms with Gasteiger partial charge in [0.15, 0.2) is 0 Å². The van der Waals surface area contributed by atoms with Crippen molar-refractivity contribution in [2.24, 2.45) is 0 Å². The zero-order valence-corrected chi connectivity index (χ0v) is 18.9. The minimum absolute atomic E-state index is 0.0164. The van der Waals surface area contributed by atoms with Gasteiger partial charge in [-0.1, -0.05) is 29.8 Å². The topological polar surface area (TPSA) is 47.0 Å². The number of amides is 1. The van der Waals surface area contributed by atoms with Crippen LogP contribution in [0.1, 0.15) is 24.0 Å². The van der Waals surface area contributed by atoms with Crippen LogP contribution in [0, 0.1) is 0 Å². The molecule has 2 aliphatic rings. The molecule has 2 heterocycles. The highest BCUT2D eigenvalue weighted by molar-refractivity contribution is 6.30. The quantitative estimate of drug-likeness (QED) is 0.717. The van der Waals surface area contributed by atoms with Crippen molar-refractivity contribution in [3.05, 3.63) is 64.7 Å². The number of aliphatic hydroxyl groups is 1. The van der Waals surface area contributed by atoms with E-state index in [2.05, 4.69) is 9.80 Å². The van der Waals surface area contributed by atoms with Crippen molar-refractivity contribution in [2.75, 3.05) is 50.7 Å². The van der Waals surface area contributed by atoms with Crippen molar-refractivity contribution >= 4 is 23.2 Å². The van der Waals surface area contributed by atoms with Crippen LogP contribution in [-0.4, -0.2) is 66.6 Å². The molecule has 0 atom stereocenters. The van der Waals surface area contributed by atoms with Crippen molar-refractivity contribution < 1.29 is 23.1 Å². The Balaban J connectivity index is 1.29. The Morgan fingerprint density at radius 3 is 2.27 bits per heavy atom. The summed E-state index contributed by atoms with van der Waals surface area (Å²) in [6.45, 7) is 4.01. The highest BCUT2D eigenvalue weighted by Gasteiger charge is 2.38. The molecule has 0 aromatic heterocycles. The van der Waals surface area contributed by atoms with Crippen molar-refractivity contribution in [3.63, 3.8) is 0 Å². The molecule has 9 heteroatoms. The number of rotatable bonds is 4. The lowest BCUT2D eigenvalue weighted by Crippen LogP contribution is -2.52. The van der Waals surface area contributed by atoms with Gasteiger partial charge in [0.2, 0.25) is 5.91 Å². The van der Waals surface area contributed by atoms with E-state index in [0.29, 0.717) is 24.7 Å². The molecule has 1 amide bonds. The van der Waals surface area contributed by atoms with E-state index in [4.69, 9.17) is 11.6 Å². The number of piperazine rings is 1. The molecule has 4 rings (SSSR count). The number of carbonyl (C=O) groups excluding carboxylic acids is 1. The third-order valence-electron chi connectivity index (χ3n) is 6.58. The third kappa shape index (κ3) is 5.62. The molecule has 2 fully saturated rings. The molecule has 5 nitrogen and oxygen atoms in total. The second-order valence-corrected chi connectivity index (χ2v) is 9.17. The summed E-state index contributed by atoms with van der Waals surface area (Å²) in [4.78, 5) is 18.9. The van der Waals surface area contributed by atoms with E-state index in [0.717, 1.165) is 44.0 Å². The molecule has 178 valence electrons. The lowest BCUT2D eigenvalue weighted by Gasteiger charge is -2.40. The zero-order chi connectivity index (χ0) is 23.6. The Morgan fingerprint density at radius 1 is 0.970 bits per heavy atom. The van der Waals surface area contributed by atoms with Crippen LogP contribution in [0.4, 0.5) is 18.9 Å². The summed E-state index contributed by atoms with van der Waals surface area (Å²) in [7, 11) is 0. The first-order chi connectivity index (χ1) is 15.6. The molecule has 33 heavy (non-hydrogen) atoms. The first kappa shape index (κ1) is 23.9. The predicted octanol–water partition coefficient (Wildman–Crippen LogP) is 3.99. The minimum Gasteiger partial charge on any atom is -0.385 e. The number of anilines is 1. The molecule has 0 bridgehead atoms. The summed E-state index contributed by atoms with van der Waals surface area (Å²) in [6, 6.07) is 12.6. The van der Waals surface area contributed by atoms with Crippen molar-refractivity contribution in [2.45, 2.75) is 24.6 Å². The van der Waals surface area contributed by atoms with Gasteiger partial charge in [-0.3, -0.25) is 9.69 Å². The number of hydrogen-bond acceptors (Lipinski definition) is 4. The van der Waals surface area contributed by atoms with E-state index >= 15 is 0 Å². The Bertz CT molecular complexity index is 985. The Labute approximate surface area is 196 Å². The third-order valence-corrected chi connectivity index (χ3v) is 6.81. The van der Waals surface area contributed by atoms with Gasteiger partial charge in [-0.25, -0.2) is 0 Å². The number of halogens is 4. The van der Waals surface area contributed by atoms with Gasteiger partial charge in [0.1, 0.15) is 0 Å². The molecular weight excluding hydrogens is 455 g/mol. The Morgan fingerprint density at radius 2 is 1.64 bits per heavy atom. The summed E-state index contributed by atoms with van der Waals surface area (Å²) < 4.78 is 39.1. The first-order valence-corrected chi connectivity index (χ1v) is 11.4. The van der Waals surface area contributed by atoms with E-state index in [1.165, 1.54) is 12.1 Å². The molecule has 0 unspecified atom stereocenters. The summed E-state index contributed by atoms with van der Waals surface area (Å²) in [5.41, 5.74) is -0.815. The molecule has 0 saturated carbocycles. The first-order valence-electron chi connectivity index (χ1n) is 11.0. The summed E-state index contributed by atoms with van der Waals surface area (Å²) in [6.07, 6.45) is -4.04. The van der Waals surface area contributed by atoms with Crippen LogP contribution >= 0.6 is 11.6 Å². The normalized spacial score (nSPS) is 19.5. The SMILES string of the molecule is O=C(CN1CCN(c2cccc(Cl)c2)CC1)N1CCC(O)(c2cccc(C(F)(F)F)c2)CC1. The smallest absolute Gasteiger partial charge is 0.385 e. The lowest BCUT2D eigenvalue weighted by molar-refractivity contribution is -0.137. The molecule has 2 aliphatic heterocycles. The number of piperidine rings is 1. The predicted molar refractivity (Wildman–Crippen MR) is 121 cm³/mol. The maximum Gasteiger partial charge on any atom is 0.416 e. The number of hydrogen-bond donors (Lipinski definition) is 1. The fourth-order valence-electron chi connectivity index (χ4n) is 4.53. The van der Waals surface area contributed by atoms with E-state index < -0.39 is 17.3 Å². The van der Waals surface area contributed by atoms with E-state index in [9.17, 15) is 23.1 Å². The van der Waals surface area contributed by atoms with Crippen molar-refractivity contribution in [3.8, 4) is 0 Å². The van der Waals surface area contributed by atoms with Gasteiger partial charge in [-0.15, -0.1) is 0 Å². The molecule has 0 radical (unpaired) electrons. The van der Waals surface area contributed by atoms with Crippen molar-refractivity contribution in [1.29, 1.82) is 0 Å². The zero-order valence-electron chi connectivity index (χ0n) is 18.2. The maximum atomic E-state index is 13.0. The summed E-state index contributed by atoms with van der Waals surface area (Å²) in [5, 5.41) is 11.7. The molecular formula is C24H27ClF3N3O2. The fourth-order valence-corrected chi connectivity index (χ4v) is 4.71. The number of benzene rings is 2. The molecule has 1 N–H and O–H groups in total. The van der Waals surface area contributed by atoms with Gasteiger partial charge in [-0.05, 0) is 48.7 Å². The number of carbonyl (C=O) groups is 1. The highest BCUT2D eigenvalue weighted by atomic mass is 35.5. The van der Waals surface area contributed by atoms with Gasteiger partial charge in [-0.2, -0.15) is 13.2 Å². The average molecular weight is 482 g/mol. The van der Waals surface area contributed by atoms with Gasteiger partial charge < -0.3 is 14.9 Å². The Hall–Kier alpha value is -2.29. The van der Waals surface area contributed by atoms with Crippen LogP contribution in [0.15, 0.2) is 48.5 Å². The van der Waals surface area contributed by atoms with Crippen molar-refractivity contribution in [1.82, 2.24) is 9.80 Å².